The van der Waals surface area contributed by atoms with Crippen molar-refractivity contribution >= 4 is 5.95 Å². The lowest BCUT2D eigenvalue weighted by Crippen LogP contribution is -2.33. The average Bonchev–Trinajstić information content (AvgIpc) is 2.74. The van der Waals surface area contributed by atoms with Gasteiger partial charge in [-0.1, -0.05) is 6.42 Å². The van der Waals surface area contributed by atoms with Gasteiger partial charge in [0, 0.05) is 19.3 Å². The first-order valence-corrected chi connectivity index (χ1v) is 5.79. The molecule has 0 unspecified atom stereocenters. The molecule has 0 amide bonds. The van der Waals surface area contributed by atoms with E-state index in [0.29, 0.717) is 11.1 Å². The van der Waals surface area contributed by atoms with E-state index in [-0.39, 0.29) is 0 Å². The molecule has 3 rings (SSSR count). The minimum atomic E-state index is 0.458. The molecule has 1 saturated carbocycles. The quantitative estimate of drug-likeness (QED) is 0.714. The lowest BCUT2D eigenvalue weighted by Gasteiger charge is -2.37. The van der Waals surface area contributed by atoms with Crippen LogP contribution in [0.25, 0.3) is 0 Å². The zero-order valence-electron chi connectivity index (χ0n) is 9.19. The van der Waals surface area contributed by atoms with Gasteiger partial charge >= 0.3 is 0 Å². The van der Waals surface area contributed by atoms with Crippen LogP contribution in [0.1, 0.15) is 31.4 Å². The smallest absolute Gasteiger partial charge is 0.226 e. The molecule has 1 aromatic rings. The molecule has 1 aliphatic heterocycles. The average molecular weight is 214 g/mol. The predicted molar refractivity (Wildman–Crippen MR) is 59.9 cm³/mol. The molecule has 0 bridgehead atoms. The first kappa shape index (κ1) is 9.59. The Hall–Kier alpha value is -1.63. The molecule has 0 N–H and O–H groups in total. The summed E-state index contributed by atoms with van der Waals surface area (Å²) in [4.78, 5) is 10.7. The summed E-state index contributed by atoms with van der Waals surface area (Å²) in [6.07, 6.45) is 7.00. The molecular formula is C12H14N4. The van der Waals surface area contributed by atoms with E-state index in [1.54, 1.807) is 12.3 Å². The molecule has 1 saturated heterocycles. The summed E-state index contributed by atoms with van der Waals surface area (Å²) in [5, 5.41) is 8.81. The summed E-state index contributed by atoms with van der Waals surface area (Å²) in [6, 6.07) is 3.71. The number of nitrogens with zero attached hydrogens (tertiary/aromatic N) is 4. The Bertz CT molecular complexity index is 445. The fourth-order valence-corrected chi connectivity index (χ4v) is 2.75. The van der Waals surface area contributed by atoms with Crippen LogP contribution in [0, 0.1) is 16.7 Å². The van der Waals surface area contributed by atoms with E-state index >= 15 is 0 Å². The summed E-state index contributed by atoms with van der Waals surface area (Å²) >= 11 is 0. The van der Waals surface area contributed by atoms with Crippen molar-refractivity contribution in [2.75, 3.05) is 18.0 Å². The molecule has 1 aromatic heterocycles. The van der Waals surface area contributed by atoms with Crippen LogP contribution < -0.4 is 4.90 Å². The summed E-state index contributed by atoms with van der Waals surface area (Å²) in [6.45, 7) is 2.11. The van der Waals surface area contributed by atoms with Crippen molar-refractivity contribution in [3.8, 4) is 6.07 Å². The number of anilines is 1. The topological polar surface area (TPSA) is 52.8 Å². The number of hydrogen-bond donors (Lipinski definition) is 0. The van der Waals surface area contributed by atoms with E-state index in [2.05, 4.69) is 20.9 Å². The highest BCUT2D eigenvalue weighted by Crippen LogP contribution is 2.48. The molecule has 82 valence electrons. The van der Waals surface area contributed by atoms with Gasteiger partial charge in [-0.3, -0.25) is 0 Å². The maximum atomic E-state index is 8.81. The normalized spacial score (nSPS) is 21.8. The third kappa shape index (κ3) is 1.44. The minimum absolute atomic E-state index is 0.458. The second kappa shape index (κ2) is 3.44. The van der Waals surface area contributed by atoms with Crippen molar-refractivity contribution in [2.24, 2.45) is 5.41 Å². The van der Waals surface area contributed by atoms with Gasteiger partial charge in [-0.15, -0.1) is 0 Å². The zero-order valence-corrected chi connectivity index (χ0v) is 9.19. The molecule has 0 aromatic carbocycles. The Morgan fingerprint density at radius 3 is 2.88 bits per heavy atom. The first-order chi connectivity index (χ1) is 7.81. The predicted octanol–water partition coefficient (Wildman–Crippen LogP) is 1.73. The number of nitriles is 1. The highest BCUT2D eigenvalue weighted by Gasteiger charge is 2.43. The minimum Gasteiger partial charge on any atom is -0.340 e. The van der Waals surface area contributed by atoms with Crippen molar-refractivity contribution in [3.05, 3.63) is 18.0 Å². The fourth-order valence-electron chi connectivity index (χ4n) is 2.75. The van der Waals surface area contributed by atoms with Crippen LogP contribution >= 0.6 is 0 Å². The van der Waals surface area contributed by atoms with Crippen LogP contribution in [-0.4, -0.2) is 23.1 Å². The standard InChI is InChI=1S/C12H14N4/c13-8-10-2-6-14-11(15-10)16-7-5-12(9-16)3-1-4-12/h2,6H,1,3-5,7,9H2. The number of aromatic nitrogens is 2. The monoisotopic (exact) mass is 214 g/mol. The molecule has 1 spiro atoms. The van der Waals surface area contributed by atoms with E-state index < -0.39 is 0 Å². The molecule has 2 heterocycles. The number of rotatable bonds is 1. The molecule has 2 fully saturated rings. The lowest BCUT2D eigenvalue weighted by atomic mass is 9.68. The summed E-state index contributed by atoms with van der Waals surface area (Å²) < 4.78 is 0. The Kier molecular flexibility index (Phi) is 2.06. The van der Waals surface area contributed by atoms with Gasteiger partial charge in [0.1, 0.15) is 11.8 Å². The van der Waals surface area contributed by atoms with Crippen molar-refractivity contribution in [1.29, 1.82) is 5.26 Å². The van der Waals surface area contributed by atoms with E-state index in [1.807, 2.05) is 0 Å². The summed E-state index contributed by atoms with van der Waals surface area (Å²) in [7, 11) is 0. The molecule has 4 nitrogen and oxygen atoms in total. The lowest BCUT2D eigenvalue weighted by molar-refractivity contribution is 0.165. The second-order valence-electron chi connectivity index (χ2n) is 4.88. The second-order valence-corrected chi connectivity index (χ2v) is 4.88. The maximum absolute atomic E-state index is 8.81. The van der Waals surface area contributed by atoms with Crippen LogP contribution in [0.3, 0.4) is 0 Å². The molecule has 4 heteroatoms. The Morgan fingerprint density at radius 2 is 2.25 bits per heavy atom. The van der Waals surface area contributed by atoms with E-state index in [9.17, 15) is 0 Å². The van der Waals surface area contributed by atoms with Crippen molar-refractivity contribution in [1.82, 2.24) is 9.97 Å². The zero-order chi connectivity index (χ0) is 11.0. The first-order valence-electron chi connectivity index (χ1n) is 5.79. The van der Waals surface area contributed by atoms with Crippen molar-refractivity contribution < 1.29 is 0 Å². The van der Waals surface area contributed by atoms with Gasteiger partial charge < -0.3 is 4.90 Å². The van der Waals surface area contributed by atoms with Gasteiger partial charge in [-0.05, 0) is 30.7 Å². The third-order valence-electron chi connectivity index (χ3n) is 3.89. The SMILES string of the molecule is N#Cc1ccnc(N2CCC3(CCC3)C2)n1. The summed E-state index contributed by atoms with van der Waals surface area (Å²) in [5.41, 5.74) is 1.01. The fraction of sp³-hybridized carbons (Fsp3) is 0.583. The van der Waals surface area contributed by atoms with Gasteiger partial charge in [0.2, 0.25) is 5.95 Å². The molecule has 1 aliphatic carbocycles. The molecular weight excluding hydrogens is 200 g/mol. The van der Waals surface area contributed by atoms with E-state index in [1.165, 1.54) is 25.7 Å². The Morgan fingerprint density at radius 1 is 1.38 bits per heavy atom. The van der Waals surface area contributed by atoms with Crippen LogP contribution in [0.4, 0.5) is 5.95 Å². The van der Waals surface area contributed by atoms with Gasteiger partial charge in [0.25, 0.3) is 0 Å². The molecule has 0 atom stereocenters. The van der Waals surface area contributed by atoms with Gasteiger partial charge in [-0.2, -0.15) is 5.26 Å². The molecule has 0 radical (unpaired) electrons. The van der Waals surface area contributed by atoms with E-state index in [0.717, 1.165) is 19.0 Å². The Balaban J connectivity index is 1.80. The highest BCUT2D eigenvalue weighted by molar-refractivity contribution is 5.36. The van der Waals surface area contributed by atoms with Crippen molar-refractivity contribution in [2.45, 2.75) is 25.7 Å². The van der Waals surface area contributed by atoms with Crippen LogP contribution in [0.15, 0.2) is 12.3 Å². The molecule has 16 heavy (non-hydrogen) atoms. The van der Waals surface area contributed by atoms with Crippen molar-refractivity contribution in [3.63, 3.8) is 0 Å². The summed E-state index contributed by atoms with van der Waals surface area (Å²) in [5.74, 6) is 0.725. The van der Waals surface area contributed by atoms with Crippen LogP contribution in [-0.2, 0) is 0 Å². The molecule has 2 aliphatic rings. The van der Waals surface area contributed by atoms with Gasteiger partial charge in [0.15, 0.2) is 0 Å². The number of hydrogen-bond acceptors (Lipinski definition) is 4. The largest absolute Gasteiger partial charge is 0.340 e. The third-order valence-corrected chi connectivity index (χ3v) is 3.89. The Labute approximate surface area is 94.9 Å². The van der Waals surface area contributed by atoms with Crippen LogP contribution in [0.2, 0.25) is 0 Å². The van der Waals surface area contributed by atoms with Gasteiger partial charge in [-0.25, -0.2) is 9.97 Å². The van der Waals surface area contributed by atoms with E-state index in [4.69, 9.17) is 5.26 Å². The highest BCUT2D eigenvalue weighted by atomic mass is 15.3. The van der Waals surface area contributed by atoms with Gasteiger partial charge in [0.05, 0.1) is 0 Å². The van der Waals surface area contributed by atoms with Crippen LogP contribution in [0.5, 0.6) is 0 Å². The maximum Gasteiger partial charge on any atom is 0.226 e.